The Morgan fingerprint density at radius 3 is 2.78 bits per heavy atom. The average molecular weight is 374 g/mol. The van der Waals surface area contributed by atoms with E-state index >= 15 is 0 Å². The standard InChI is InChI=1S/C20H30N4O3/c1-5-20(12-25)9-6-10-24(11-20)16(26)8-7-15-13(2)17-14(3)22-23(4)18(17)21-19(15)27/h25H,5-12H2,1-4H3,(H,21,27). The highest BCUT2D eigenvalue weighted by molar-refractivity contribution is 5.83. The fourth-order valence-corrected chi connectivity index (χ4v) is 4.40. The summed E-state index contributed by atoms with van der Waals surface area (Å²) in [5, 5.41) is 15.1. The molecule has 3 heterocycles. The first kappa shape index (κ1) is 19.6. The number of piperidine rings is 1. The normalized spacial score (nSPS) is 20.4. The number of rotatable bonds is 5. The van der Waals surface area contributed by atoms with Gasteiger partial charge in [-0.15, -0.1) is 0 Å². The van der Waals surface area contributed by atoms with Crippen molar-refractivity contribution in [2.75, 3.05) is 19.7 Å². The van der Waals surface area contributed by atoms with Gasteiger partial charge in [-0.1, -0.05) is 6.92 Å². The van der Waals surface area contributed by atoms with Crippen molar-refractivity contribution in [1.29, 1.82) is 0 Å². The van der Waals surface area contributed by atoms with Crippen molar-refractivity contribution in [3.63, 3.8) is 0 Å². The van der Waals surface area contributed by atoms with Crippen LogP contribution in [0.5, 0.6) is 0 Å². The van der Waals surface area contributed by atoms with Gasteiger partial charge in [-0.2, -0.15) is 5.10 Å². The molecule has 1 aliphatic heterocycles. The SMILES string of the molecule is CCC1(CO)CCCN(C(=O)CCc2c(C)c3c(C)nn(C)c3[nH]c2=O)C1. The summed E-state index contributed by atoms with van der Waals surface area (Å²) in [4.78, 5) is 30.1. The van der Waals surface area contributed by atoms with E-state index in [1.807, 2.05) is 25.8 Å². The largest absolute Gasteiger partial charge is 0.396 e. The van der Waals surface area contributed by atoms with E-state index in [9.17, 15) is 14.7 Å². The lowest BCUT2D eigenvalue weighted by atomic mass is 9.78. The van der Waals surface area contributed by atoms with E-state index in [0.29, 0.717) is 24.9 Å². The van der Waals surface area contributed by atoms with Crippen molar-refractivity contribution in [2.24, 2.45) is 12.5 Å². The molecule has 1 fully saturated rings. The summed E-state index contributed by atoms with van der Waals surface area (Å²) >= 11 is 0. The number of H-pyrrole nitrogens is 1. The van der Waals surface area contributed by atoms with E-state index in [1.165, 1.54) is 0 Å². The fraction of sp³-hybridized carbons (Fsp3) is 0.650. The lowest BCUT2D eigenvalue weighted by molar-refractivity contribution is -0.135. The van der Waals surface area contributed by atoms with Crippen molar-refractivity contribution < 1.29 is 9.90 Å². The Labute approximate surface area is 159 Å². The Morgan fingerprint density at radius 2 is 2.11 bits per heavy atom. The average Bonchev–Trinajstić information content (AvgIpc) is 2.94. The van der Waals surface area contributed by atoms with Crippen molar-refractivity contribution in [3.05, 3.63) is 27.2 Å². The van der Waals surface area contributed by atoms with Crippen LogP contribution >= 0.6 is 0 Å². The molecule has 7 heteroatoms. The Kier molecular flexibility index (Phi) is 5.42. The third-order valence-corrected chi connectivity index (χ3v) is 6.24. The number of nitrogens with one attached hydrogen (secondary N) is 1. The van der Waals surface area contributed by atoms with Crippen LogP contribution in [0.25, 0.3) is 11.0 Å². The van der Waals surface area contributed by atoms with Gasteiger partial charge in [0.25, 0.3) is 5.56 Å². The first-order valence-corrected chi connectivity index (χ1v) is 9.75. The van der Waals surface area contributed by atoms with Crippen LogP contribution in [0.15, 0.2) is 4.79 Å². The molecule has 0 aromatic carbocycles. The number of amides is 1. The maximum atomic E-state index is 12.8. The van der Waals surface area contributed by atoms with Gasteiger partial charge >= 0.3 is 0 Å². The lowest BCUT2D eigenvalue weighted by Gasteiger charge is -2.41. The Balaban J connectivity index is 1.78. The highest BCUT2D eigenvalue weighted by atomic mass is 16.3. The maximum absolute atomic E-state index is 12.8. The van der Waals surface area contributed by atoms with E-state index < -0.39 is 0 Å². The highest BCUT2D eigenvalue weighted by Gasteiger charge is 2.35. The number of aliphatic hydroxyl groups is 1. The predicted molar refractivity (Wildman–Crippen MR) is 105 cm³/mol. The number of aliphatic hydroxyl groups excluding tert-OH is 1. The van der Waals surface area contributed by atoms with Crippen LogP contribution in [0.2, 0.25) is 0 Å². The zero-order chi connectivity index (χ0) is 19.8. The molecule has 1 unspecified atom stereocenters. The van der Waals surface area contributed by atoms with E-state index in [2.05, 4.69) is 17.0 Å². The van der Waals surface area contributed by atoms with Gasteiger partial charge in [0.2, 0.25) is 5.91 Å². The molecule has 2 aromatic heterocycles. The number of aromatic nitrogens is 3. The van der Waals surface area contributed by atoms with Crippen LogP contribution in [0.3, 0.4) is 0 Å². The lowest BCUT2D eigenvalue weighted by Crippen LogP contribution is -2.47. The molecule has 1 atom stereocenters. The molecule has 2 aromatic rings. The van der Waals surface area contributed by atoms with Crippen LogP contribution in [-0.4, -0.2) is 50.4 Å². The predicted octanol–water partition coefficient (Wildman–Crippen LogP) is 1.82. The van der Waals surface area contributed by atoms with Gasteiger partial charge in [-0.25, -0.2) is 0 Å². The molecule has 0 radical (unpaired) electrons. The summed E-state index contributed by atoms with van der Waals surface area (Å²) in [5.74, 6) is 0.0581. The molecule has 1 aliphatic rings. The third-order valence-electron chi connectivity index (χ3n) is 6.24. The van der Waals surface area contributed by atoms with Crippen molar-refractivity contribution in [1.82, 2.24) is 19.7 Å². The van der Waals surface area contributed by atoms with E-state index in [-0.39, 0.29) is 23.5 Å². The van der Waals surface area contributed by atoms with Gasteiger partial charge in [-0.05, 0) is 45.1 Å². The Bertz CT molecular complexity index is 908. The van der Waals surface area contributed by atoms with Crippen LogP contribution in [-0.2, 0) is 18.3 Å². The molecule has 1 amide bonds. The summed E-state index contributed by atoms with van der Waals surface area (Å²) < 4.78 is 1.68. The van der Waals surface area contributed by atoms with Gasteiger partial charge < -0.3 is 15.0 Å². The molecule has 0 bridgehead atoms. The van der Waals surface area contributed by atoms with E-state index in [0.717, 1.165) is 48.1 Å². The van der Waals surface area contributed by atoms with Crippen LogP contribution in [0.4, 0.5) is 0 Å². The van der Waals surface area contributed by atoms with Crippen molar-refractivity contribution >= 4 is 16.9 Å². The number of pyridine rings is 1. The van der Waals surface area contributed by atoms with E-state index in [1.54, 1.807) is 4.68 Å². The quantitative estimate of drug-likeness (QED) is 0.835. The molecule has 0 spiro atoms. The molecule has 0 saturated carbocycles. The number of carbonyl (C=O) groups is 1. The van der Waals surface area contributed by atoms with Gasteiger partial charge in [0.15, 0.2) is 0 Å². The topological polar surface area (TPSA) is 91.2 Å². The molecule has 0 aliphatic carbocycles. The highest BCUT2D eigenvalue weighted by Crippen LogP contribution is 2.33. The van der Waals surface area contributed by atoms with Gasteiger partial charge in [0.1, 0.15) is 5.65 Å². The summed E-state index contributed by atoms with van der Waals surface area (Å²) in [6.07, 6.45) is 3.46. The summed E-state index contributed by atoms with van der Waals surface area (Å²) in [5.41, 5.74) is 2.84. The number of hydrogen-bond donors (Lipinski definition) is 2. The minimum Gasteiger partial charge on any atom is -0.396 e. The Morgan fingerprint density at radius 1 is 1.37 bits per heavy atom. The molecular weight excluding hydrogens is 344 g/mol. The number of likely N-dealkylation sites (tertiary alicyclic amines) is 1. The number of carbonyl (C=O) groups excluding carboxylic acids is 1. The van der Waals surface area contributed by atoms with Gasteiger partial charge in [0, 0.05) is 42.9 Å². The zero-order valence-corrected chi connectivity index (χ0v) is 16.8. The monoisotopic (exact) mass is 374 g/mol. The molecular formula is C20H30N4O3. The number of fused-ring (bicyclic) bond motifs is 1. The third kappa shape index (κ3) is 3.52. The number of nitrogens with zero attached hydrogens (tertiary/aromatic N) is 3. The van der Waals surface area contributed by atoms with E-state index in [4.69, 9.17) is 0 Å². The van der Waals surface area contributed by atoms with Crippen LogP contribution in [0.1, 0.15) is 49.4 Å². The van der Waals surface area contributed by atoms with Crippen molar-refractivity contribution in [3.8, 4) is 0 Å². The second kappa shape index (κ2) is 7.46. The second-order valence-electron chi connectivity index (χ2n) is 7.92. The molecule has 2 N–H and O–H groups in total. The second-order valence-corrected chi connectivity index (χ2v) is 7.92. The van der Waals surface area contributed by atoms with Gasteiger partial charge in [0.05, 0.1) is 12.3 Å². The molecule has 148 valence electrons. The summed E-state index contributed by atoms with van der Waals surface area (Å²) in [7, 11) is 1.81. The van der Waals surface area contributed by atoms with Crippen LogP contribution < -0.4 is 5.56 Å². The first-order valence-electron chi connectivity index (χ1n) is 9.75. The Hall–Kier alpha value is -2.15. The number of aromatic amines is 1. The van der Waals surface area contributed by atoms with Gasteiger partial charge in [-0.3, -0.25) is 14.3 Å². The molecule has 7 nitrogen and oxygen atoms in total. The number of aryl methyl sites for hydroxylation is 3. The maximum Gasteiger partial charge on any atom is 0.253 e. The molecule has 27 heavy (non-hydrogen) atoms. The minimum atomic E-state index is -0.174. The first-order chi connectivity index (χ1) is 12.8. The molecule has 1 saturated heterocycles. The zero-order valence-electron chi connectivity index (χ0n) is 16.8. The minimum absolute atomic E-state index is 0.0581. The fourth-order valence-electron chi connectivity index (χ4n) is 4.40. The molecule has 3 rings (SSSR count). The summed E-state index contributed by atoms with van der Waals surface area (Å²) in [6.45, 7) is 7.38. The summed E-state index contributed by atoms with van der Waals surface area (Å²) in [6, 6.07) is 0. The van der Waals surface area contributed by atoms with Crippen LogP contribution in [0, 0.1) is 19.3 Å². The van der Waals surface area contributed by atoms with Crippen molar-refractivity contribution in [2.45, 2.75) is 52.9 Å². The number of hydrogen-bond acceptors (Lipinski definition) is 4. The smallest absolute Gasteiger partial charge is 0.253 e.